The third kappa shape index (κ3) is 8.33. The molecular formula is C37H47ClF3N5O4. The van der Waals surface area contributed by atoms with E-state index in [1.807, 2.05) is 29.2 Å². The van der Waals surface area contributed by atoms with Crippen LogP contribution in [0.2, 0.25) is 5.02 Å². The molecule has 3 fully saturated rings. The number of fused-ring (bicyclic) bond motifs is 1. The average Bonchev–Trinajstić information content (AvgIpc) is 3.27. The van der Waals surface area contributed by atoms with E-state index in [4.69, 9.17) is 11.6 Å². The lowest BCUT2D eigenvalue weighted by Crippen LogP contribution is -2.50. The summed E-state index contributed by atoms with van der Waals surface area (Å²) in [5.41, 5.74) is 0.764. The third-order valence-corrected chi connectivity index (χ3v) is 11.7. The maximum atomic E-state index is 14.1. The van der Waals surface area contributed by atoms with Gasteiger partial charge in [-0.25, -0.2) is 4.79 Å². The summed E-state index contributed by atoms with van der Waals surface area (Å²) in [7, 11) is 2.13. The van der Waals surface area contributed by atoms with Crippen LogP contribution < -0.4 is 5.32 Å². The van der Waals surface area contributed by atoms with Gasteiger partial charge in [-0.2, -0.15) is 13.2 Å². The molecule has 4 aliphatic rings. The number of hydrogen-bond donors (Lipinski definition) is 2. The molecule has 1 unspecified atom stereocenters. The Morgan fingerprint density at radius 1 is 0.920 bits per heavy atom. The van der Waals surface area contributed by atoms with Gasteiger partial charge in [-0.1, -0.05) is 29.8 Å². The Bertz CT molecular complexity index is 1550. The first-order chi connectivity index (χ1) is 23.9. The molecule has 3 saturated heterocycles. The molecular weight excluding hydrogens is 671 g/mol. The molecule has 0 aliphatic carbocycles. The van der Waals surface area contributed by atoms with E-state index < -0.39 is 28.4 Å². The van der Waals surface area contributed by atoms with Crippen molar-refractivity contribution in [3.8, 4) is 5.75 Å². The number of alkyl halides is 3. The molecule has 0 spiro atoms. The van der Waals surface area contributed by atoms with Crippen LogP contribution >= 0.6 is 11.6 Å². The first-order valence-electron chi connectivity index (χ1n) is 17.9. The Morgan fingerprint density at radius 3 is 2.20 bits per heavy atom. The second-order valence-corrected chi connectivity index (χ2v) is 14.9. The van der Waals surface area contributed by atoms with Gasteiger partial charge in [0.15, 0.2) is 0 Å². The Morgan fingerprint density at radius 2 is 1.54 bits per heavy atom. The Balaban J connectivity index is 1.12. The van der Waals surface area contributed by atoms with Crippen molar-refractivity contribution in [1.29, 1.82) is 0 Å². The van der Waals surface area contributed by atoms with Crippen LogP contribution in [0.3, 0.4) is 0 Å². The zero-order chi connectivity index (χ0) is 35.6. The number of phenolic OH excluding ortho intramolecular Hbond substituents is 1. The molecule has 4 aliphatic heterocycles. The Hall–Kier alpha value is -3.51. The van der Waals surface area contributed by atoms with Crippen molar-refractivity contribution >= 4 is 35.1 Å². The van der Waals surface area contributed by atoms with Gasteiger partial charge in [-0.3, -0.25) is 9.59 Å². The molecule has 4 amide bonds. The predicted octanol–water partition coefficient (Wildman–Crippen LogP) is 6.27. The summed E-state index contributed by atoms with van der Waals surface area (Å²) < 4.78 is 41.3. The maximum absolute atomic E-state index is 14.1. The molecule has 0 radical (unpaired) electrons. The van der Waals surface area contributed by atoms with Crippen LogP contribution in [0.4, 0.5) is 23.7 Å². The van der Waals surface area contributed by atoms with Gasteiger partial charge in [0.2, 0.25) is 11.8 Å². The molecule has 50 heavy (non-hydrogen) atoms. The molecule has 2 aromatic rings. The largest absolute Gasteiger partial charge is 0.506 e. The normalized spacial score (nSPS) is 21.1. The highest BCUT2D eigenvalue weighted by molar-refractivity contribution is 6.32. The summed E-state index contributed by atoms with van der Waals surface area (Å²) in [6.07, 6.45) is 0.800. The number of piperidine rings is 3. The van der Waals surface area contributed by atoms with Gasteiger partial charge in [0, 0.05) is 50.9 Å². The van der Waals surface area contributed by atoms with Crippen LogP contribution in [0.5, 0.6) is 5.75 Å². The number of likely N-dealkylation sites (tertiary alicyclic amines) is 3. The monoisotopic (exact) mass is 717 g/mol. The van der Waals surface area contributed by atoms with Crippen LogP contribution in [0, 0.1) is 17.8 Å². The number of aromatic hydroxyl groups is 1. The fourth-order valence-corrected chi connectivity index (χ4v) is 8.62. The number of para-hydroxylation sites is 1. The van der Waals surface area contributed by atoms with Crippen LogP contribution in [0.25, 0.3) is 0 Å². The molecule has 272 valence electrons. The number of halogens is 4. The molecule has 6 rings (SSSR count). The standard InChI is InChI=1S/C37H47ClF3N5O4/c1-43-13-6-25(7-14-43)26-8-15-45(16-9-26)35(49)28(20-24-21-30(37(39,40)41)34(48)31(38)22-24)23-33(47)44-17-11-29(12-18-44)46-19-10-27-4-2-3-5-32(27)42-36(46)50/h2-5,21-22,25-26,28-29,48H,6-20,23H2,1H3,(H,42,50). The van der Waals surface area contributed by atoms with Crippen LogP contribution in [0.1, 0.15) is 61.6 Å². The number of urea groups is 1. The summed E-state index contributed by atoms with van der Waals surface area (Å²) in [5.74, 6) is -1.27. The highest BCUT2D eigenvalue weighted by atomic mass is 35.5. The van der Waals surface area contributed by atoms with E-state index in [9.17, 15) is 32.7 Å². The topological polar surface area (TPSA) is 96.4 Å². The van der Waals surface area contributed by atoms with E-state index in [1.165, 1.54) is 6.07 Å². The average molecular weight is 718 g/mol. The summed E-state index contributed by atoms with van der Waals surface area (Å²) in [6, 6.07) is 9.61. The second kappa shape index (κ2) is 15.4. The number of phenols is 1. The maximum Gasteiger partial charge on any atom is 0.420 e. The summed E-state index contributed by atoms with van der Waals surface area (Å²) in [5, 5.41) is 12.6. The lowest BCUT2D eigenvalue weighted by Gasteiger charge is -2.40. The number of rotatable bonds is 7. The van der Waals surface area contributed by atoms with Crippen molar-refractivity contribution in [2.45, 2.75) is 70.0 Å². The van der Waals surface area contributed by atoms with Gasteiger partial charge in [0.05, 0.1) is 16.5 Å². The molecule has 1 atom stereocenters. The SMILES string of the molecule is CN1CCC(C2CCN(C(=O)C(CC(=O)N3CCC(N4CCc5ccccc5NC4=O)CC3)Cc3cc(Cl)c(O)c(C(F)(F)F)c3)CC2)CC1. The number of carbonyl (C=O) groups is 3. The lowest BCUT2D eigenvalue weighted by molar-refractivity contribution is -0.143. The van der Waals surface area contributed by atoms with Crippen molar-refractivity contribution in [2.24, 2.45) is 17.8 Å². The number of benzene rings is 2. The van der Waals surface area contributed by atoms with Gasteiger partial charge in [-0.15, -0.1) is 0 Å². The quantitative estimate of drug-likeness (QED) is 0.352. The Labute approximate surface area is 296 Å². The van der Waals surface area contributed by atoms with Crippen molar-refractivity contribution in [3.63, 3.8) is 0 Å². The number of carbonyl (C=O) groups excluding carboxylic acids is 3. The summed E-state index contributed by atoms with van der Waals surface area (Å²) >= 11 is 6.03. The third-order valence-electron chi connectivity index (χ3n) is 11.4. The van der Waals surface area contributed by atoms with E-state index in [2.05, 4.69) is 17.3 Å². The molecule has 4 heterocycles. The van der Waals surface area contributed by atoms with Gasteiger partial charge in [0.25, 0.3) is 0 Å². The van der Waals surface area contributed by atoms with Gasteiger partial charge in [0.1, 0.15) is 5.75 Å². The zero-order valence-electron chi connectivity index (χ0n) is 28.6. The minimum absolute atomic E-state index is 0.0448. The first kappa shape index (κ1) is 36.3. The van der Waals surface area contributed by atoms with Gasteiger partial charge >= 0.3 is 12.2 Å². The van der Waals surface area contributed by atoms with Crippen molar-refractivity contribution in [2.75, 3.05) is 58.2 Å². The van der Waals surface area contributed by atoms with E-state index in [0.717, 1.165) is 62.5 Å². The first-order valence-corrected chi connectivity index (χ1v) is 18.2. The molecule has 0 aromatic heterocycles. The highest BCUT2D eigenvalue weighted by Crippen LogP contribution is 2.41. The second-order valence-electron chi connectivity index (χ2n) is 14.5. The number of hydrogen-bond acceptors (Lipinski definition) is 5. The van der Waals surface area contributed by atoms with Gasteiger partial charge < -0.3 is 30.0 Å². The van der Waals surface area contributed by atoms with Crippen LogP contribution in [-0.4, -0.2) is 101 Å². The van der Waals surface area contributed by atoms with Crippen molar-refractivity contribution < 1.29 is 32.7 Å². The van der Waals surface area contributed by atoms with Gasteiger partial charge in [-0.05, 0) is 113 Å². The number of amides is 4. The van der Waals surface area contributed by atoms with E-state index >= 15 is 0 Å². The van der Waals surface area contributed by atoms with Crippen molar-refractivity contribution in [3.05, 3.63) is 58.1 Å². The number of nitrogens with zero attached hydrogens (tertiary/aromatic N) is 4. The van der Waals surface area contributed by atoms with E-state index in [-0.39, 0.29) is 42.3 Å². The zero-order valence-corrected chi connectivity index (χ0v) is 29.3. The highest BCUT2D eigenvalue weighted by Gasteiger charge is 2.38. The fourth-order valence-electron chi connectivity index (χ4n) is 8.37. The molecule has 9 nitrogen and oxygen atoms in total. The number of nitrogens with one attached hydrogen (secondary N) is 1. The van der Waals surface area contributed by atoms with E-state index in [1.54, 1.807) is 9.80 Å². The minimum atomic E-state index is -4.84. The predicted molar refractivity (Wildman–Crippen MR) is 185 cm³/mol. The molecule has 0 bridgehead atoms. The van der Waals surface area contributed by atoms with E-state index in [0.29, 0.717) is 57.4 Å². The summed E-state index contributed by atoms with van der Waals surface area (Å²) in [4.78, 5) is 48.6. The molecule has 2 N–H and O–H groups in total. The molecule has 0 saturated carbocycles. The summed E-state index contributed by atoms with van der Waals surface area (Å²) in [6.45, 7) is 4.63. The van der Waals surface area contributed by atoms with Crippen LogP contribution in [-0.2, 0) is 28.6 Å². The lowest BCUT2D eigenvalue weighted by atomic mass is 9.78. The minimum Gasteiger partial charge on any atom is -0.506 e. The number of anilines is 1. The van der Waals surface area contributed by atoms with Crippen molar-refractivity contribution in [1.82, 2.24) is 19.6 Å². The Kier molecular flexibility index (Phi) is 11.2. The molecule has 2 aromatic carbocycles. The smallest absolute Gasteiger partial charge is 0.420 e. The van der Waals surface area contributed by atoms with Crippen LogP contribution in [0.15, 0.2) is 36.4 Å². The fraction of sp³-hybridized carbons (Fsp3) is 0.595. The molecule has 13 heteroatoms.